The average molecular weight is 341 g/mol. The number of benzene rings is 1. The molecule has 1 aliphatic heterocycles. The minimum atomic E-state index is -0.846. The lowest BCUT2D eigenvalue weighted by atomic mass is 9.97. The molecule has 1 aromatic carbocycles. The van der Waals surface area contributed by atoms with Crippen LogP contribution >= 0.6 is 11.6 Å². The standard InChI is InChI=1S/C15H17ClN2O5/c16-10-3-4-12(19)11(6-10)15(22)23-8-13(20)18-5-1-2-9(7-18)14(17)21/h3-4,6,9,19H,1-2,5,7-8H2,(H2,17,21)/t9-/m0/s1. The molecule has 1 aliphatic rings. The van der Waals surface area contributed by atoms with Crippen LogP contribution in [0.4, 0.5) is 0 Å². The van der Waals surface area contributed by atoms with E-state index in [1.165, 1.54) is 23.1 Å². The van der Waals surface area contributed by atoms with Crippen molar-refractivity contribution in [2.24, 2.45) is 11.7 Å². The Labute approximate surface area is 138 Å². The van der Waals surface area contributed by atoms with Gasteiger partial charge < -0.3 is 20.5 Å². The summed E-state index contributed by atoms with van der Waals surface area (Å²) in [6, 6.07) is 3.95. The van der Waals surface area contributed by atoms with Gasteiger partial charge in [0.25, 0.3) is 5.91 Å². The third kappa shape index (κ3) is 4.35. The highest BCUT2D eigenvalue weighted by Crippen LogP contribution is 2.22. The number of carbonyl (C=O) groups is 3. The first-order valence-corrected chi connectivity index (χ1v) is 7.49. The van der Waals surface area contributed by atoms with Crippen LogP contribution in [0.5, 0.6) is 5.75 Å². The molecule has 0 aromatic heterocycles. The van der Waals surface area contributed by atoms with Crippen molar-refractivity contribution in [1.29, 1.82) is 0 Å². The quantitative estimate of drug-likeness (QED) is 0.792. The number of esters is 1. The molecule has 0 spiro atoms. The smallest absolute Gasteiger partial charge is 0.342 e. The zero-order valence-corrected chi connectivity index (χ0v) is 13.1. The van der Waals surface area contributed by atoms with Gasteiger partial charge in [-0.05, 0) is 31.0 Å². The van der Waals surface area contributed by atoms with Gasteiger partial charge in [0.2, 0.25) is 5.91 Å². The Morgan fingerprint density at radius 1 is 1.39 bits per heavy atom. The number of nitrogens with two attached hydrogens (primary N) is 1. The van der Waals surface area contributed by atoms with Gasteiger partial charge >= 0.3 is 5.97 Å². The van der Waals surface area contributed by atoms with E-state index < -0.39 is 24.4 Å². The van der Waals surface area contributed by atoms with Crippen molar-refractivity contribution in [2.45, 2.75) is 12.8 Å². The lowest BCUT2D eigenvalue weighted by Crippen LogP contribution is -2.45. The monoisotopic (exact) mass is 340 g/mol. The van der Waals surface area contributed by atoms with Crippen molar-refractivity contribution in [1.82, 2.24) is 4.90 Å². The van der Waals surface area contributed by atoms with Gasteiger partial charge in [-0.3, -0.25) is 9.59 Å². The molecule has 124 valence electrons. The van der Waals surface area contributed by atoms with Crippen LogP contribution in [0.2, 0.25) is 5.02 Å². The molecule has 23 heavy (non-hydrogen) atoms. The SMILES string of the molecule is NC(=O)[C@H]1CCCN(C(=O)COC(=O)c2cc(Cl)ccc2O)C1. The van der Waals surface area contributed by atoms with Gasteiger partial charge in [0, 0.05) is 18.1 Å². The van der Waals surface area contributed by atoms with E-state index in [0.717, 1.165) is 0 Å². The zero-order chi connectivity index (χ0) is 17.0. The van der Waals surface area contributed by atoms with E-state index >= 15 is 0 Å². The lowest BCUT2D eigenvalue weighted by Gasteiger charge is -2.31. The van der Waals surface area contributed by atoms with Crippen LogP contribution in [-0.2, 0) is 14.3 Å². The van der Waals surface area contributed by atoms with Gasteiger partial charge in [-0.2, -0.15) is 0 Å². The van der Waals surface area contributed by atoms with E-state index in [-0.39, 0.29) is 28.8 Å². The minimum Gasteiger partial charge on any atom is -0.507 e. The van der Waals surface area contributed by atoms with Crippen molar-refractivity contribution in [2.75, 3.05) is 19.7 Å². The molecular formula is C15H17ClN2O5. The van der Waals surface area contributed by atoms with E-state index in [2.05, 4.69) is 0 Å². The van der Waals surface area contributed by atoms with Crippen LogP contribution in [0.25, 0.3) is 0 Å². The molecule has 0 radical (unpaired) electrons. The van der Waals surface area contributed by atoms with Crippen LogP contribution in [0.3, 0.4) is 0 Å². The number of nitrogens with zero attached hydrogens (tertiary/aromatic N) is 1. The predicted octanol–water partition coefficient (Wildman–Crippen LogP) is 0.926. The Morgan fingerprint density at radius 2 is 2.13 bits per heavy atom. The second kappa shape index (κ2) is 7.32. The number of ether oxygens (including phenoxy) is 1. The van der Waals surface area contributed by atoms with Crippen LogP contribution < -0.4 is 5.73 Å². The molecule has 8 heteroatoms. The maximum absolute atomic E-state index is 12.1. The molecule has 3 N–H and O–H groups in total. The maximum atomic E-state index is 12.1. The number of hydrogen-bond donors (Lipinski definition) is 2. The summed E-state index contributed by atoms with van der Waals surface area (Å²) in [4.78, 5) is 36.6. The summed E-state index contributed by atoms with van der Waals surface area (Å²) in [5, 5.41) is 9.87. The number of amides is 2. The van der Waals surface area contributed by atoms with Crippen molar-refractivity contribution >= 4 is 29.4 Å². The Bertz CT molecular complexity index is 634. The van der Waals surface area contributed by atoms with Crippen LogP contribution in [0.15, 0.2) is 18.2 Å². The van der Waals surface area contributed by atoms with E-state index in [4.69, 9.17) is 22.1 Å². The third-order valence-corrected chi connectivity index (χ3v) is 3.92. The first-order chi connectivity index (χ1) is 10.9. The van der Waals surface area contributed by atoms with Crippen molar-refractivity contribution in [3.8, 4) is 5.75 Å². The number of rotatable bonds is 4. The van der Waals surface area contributed by atoms with Crippen LogP contribution in [-0.4, -0.2) is 47.5 Å². The molecule has 0 aliphatic carbocycles. The lowest BCUT2D eigenvalue weighted by molar-refractivity contribution is -0.137. The first kappa shape index (κ1) is 17.1. The van der Waals surface area contributed by atoms with Crippen molar-refractivity contribution in [3.63, 3.8) is 0 Å². The fraction of sp³-hybridized carbons (Fsp3) is 0.400. The average Bonchev–Trinajstić information content (AvgIpc) is 2.54. The minimum absolute atomic E-state index is 0.112. The molecule has 1 atom stereocenters. The van der Waals surface area contributed by atoms with Gasteiger partial charge in [0.1, 0.15) is 11.3 Å². The van der Waals surface area contributed by atoms with Crippen molar-refractivity contribution in [3.05, 3.63) is 28.8 Å². The highest BCUT2D eigenvalue weighted by Gasteiger charge is 2.27. The second-order valence-corrected chi connectivity index (χ2v) is 5.76. The van der Waals surface area contributed by atoms with Gasteiger partial charge in [-0.15, -0.1) is 0 Å². The van der Waals surface area contributed by atoms with Gasteiger partial charge in [0.05, 0.1) is 5.92 Å². The number of likely N-dealkylation sites (tertiary alicyclic amines) is 1. The maximum Gasteiger partial charge on any atom is 0.342 e. The van der Waals surface area contributed by atoms with Crippen LogP contribution in [0.1, 0.15) is 23.2 Å². The Hall–Kier alpha value is -2.28. The summed E-state index contributed by atoms with van der Waals surface area (Å²) in [7, 11) is 0. The van der Waals surface area contributed by atoms with E-state index in [1.807, 2.05) is 0 Å². The Morgan fingerprint density at radius 3 is 2.83 bits per heavy atom. The molecule has 0 saturated carbocycles. The fourth-order valence-electron chi connectivity index (χ4n) is 2.40. The van der Waals surface area contributed by atoms with Crippen LogP contribution in [0, 0.1) is 5.92 Å². The number of primary amides is 1. The molecule has 1 aromatic rings. The topological polar surface area (TPSA) is 110 Å². The number of phenolic OH excluding ortho intramolecular Hbond substituents is 1. The first-order valence-electron chi connectivity index (χ1n) is 7.11. The molecule has 2 amide bonds. The number of carbonyl (C=O) groups excluding carboxylic acids is 3. The van der Waals surface area contributed by atoms with Crippen molar-refractivity contribution < 1.29 is 24.2 Å². The molecule has 0 bridgehead atoms. The molecule has 0 unspecified atom stereocenters. The molecular weight excluding hydrogens is 324 g/mol. The Balaban J connectivity index is 1.92. The summed E-state index contributed by atoms with van der Waals surface area (Å²) in [6.07, 6.45) is 1.32. The Kier molecular flexibility index (Phi) is 5.44. The summed E-state index contributed by atoms with van der Waals surface area (Å²) in [5.74, 6) is -2.35. The molecule has 2 rings (SSSR count). The number of phenols is 1. The summed E-state index contributed by atoms with van der Waals surface area (Å²) < 4.78 is 4.91. The summed E-state index contributed by atoms with van der Waals surface area (Å²) in [5.41, 5.74) is 5.14. The second-order valence-electron chi connectivity index (χ2n) is 5.32. The number of aromatic hydroxyl groups is 1. The van der Waals surface area contributed by atoms with Gasteiger partial charge in [-0.25, -0.2) is 4.79 Å². The highest BCUT2D eigenvalue weighted by molar-refractivity contribution is 6.31. The molecule has 7 nitrogen and oxygen atoms in total. The molecule has 1 heterocycles. The van der Waals surface area contributed by atoms with E-state index in [1.54, 1.807) is 0 Å². The van der Waals surface area contributed by atoms with Gasteiger partial charge in [-0.1, -0.05) is 11.6 Å². The fourth-order valence-corrected chi connectivity index (χ4v) is 2.58. The zero-order valence-electron chi connectivity index (χ0n) is 12.3. The molecule has 1 fully saturated rings. The third-order valence-electron chi connectivity index (χ3n) is 3.68. The highest BCUT2D eigenvalue weighted by atomic mass is 35.5. The number of halogens is 1. The predicted molar refractivity (Wildman–Crippen MR) is 81.9 cm³/mol. The van der Waals surface area contributed by atoms with E-state index in [0.29, 0.717) is 19.4 Å². The largest absolute Gasteiger partial charge is 0.507 e. The summed E-state index contributed by atoms with van der Waals surface area (Å²) in [6.45, 7) is 0.243. The van der Waals surface area contributed by atoms with E-state index in [9.17, 15) is 19.5 Å². The van der Waals surface area contributed by atoms with Gasteiger partial charge in [0.15, 0.2) is 6.61 Å². The normalized spacial score (nSPS) is 17.6. The molecule has 1 saturated heterocycles. The summed E-state index contributed by atoms with van der Waals surface area (Å²) >= 11 is 5.75. The number of hydrogen-bond acceptors (Lipinski definition) is 5. The number of piperidine rings is 1.